The van der Waals surface area contributed by atoms with Crippen LogP contribution >= 0.6 is 11.3 Å². The third kappa shape index (κ3) is 3.48. The van der Waals surface area contributed by atoms with E-state index in [1.807, 2.05) is 60.7 Å². The van der Waals surface area contributed by atoms with Crippen LogP contribution in [-0.4, -0.2) is 54.4 Å². The molecular weight excluding hydrogens is 452 g/mol. The number of hydrogen-bond acceptors (Lipinski definition) is 8. The van der Waals surface area contributed by atoms with Crippen LogP contribution in [0.5, 0.6) is 11.5 Å². The third-order valence-corrected chi connectivity index (χ3v) is 6.32. The Kier molecular flexibility index (Phi) is 4.81. The number of nitrogens with one attached hydrogen (secondary N) is 2. The van der Waals surface area contributed by atoms with Crippen molar-refractivity contribution in [3.05, 3.63) is 60.7 Å². The van der Waals surface area contributed by atoms with Crippen LogP contribution in [0.2, 0.25) is 0 Å². The highest BCUT2D eigenvalue weighted by atomic mass is 32.1. The van der Waals surface area contributed by atoms with Gasteiger partial charge in [0.2, 0.25) is 10.8 Å². The molecule has 0 radical (unpaired) electrons. The average molecular weight is 471 g/mol. The average Bonchev–Trinajstić information content (AvgIpc) is 3.67. The van der Waals surface area contributed by atoms with Crippen LogP contribution in [0, 0.1) is 0 Å². The van der Waals surface area contributed by atoms with E-state index in [9.17, 15) is 0 Å². The molecule has 0 amide bonds. The van der Waals surface area contributed by atoms with Gasteiger partial charge < -0.3 is 9.47 Å². The minimum Gasteiger partial charge on any atom is -0.497 e. The summed E-state index contributed by atoms with van der Waals surface area (Å²) in [5.74, 6) is 2.18. The molecule has 0 saturated heterocycles. The van der Waals surface area contributed by atoms with E-state index in [0.717, 1.165) is 50.4 Å². The van der Waals surface area contributed by atoms with Crippen molar-refractivity contribution in [3.8, 4) is 56.2 Å². The minimum absolute atomic E-state index is 0.583. The quantitative estimate of drug-likeness (QED) is 0.372. The Bertz CT molecular complexity index is 1580. The second-order valence-electron chi connectivity index (χ2n) is 7.42. The van der Waals surface area contributed by atoms with Crippen molar-refractivity contribution in [1.29, 1.82) is 0 Å². The van der Waals surface area contributed by atoms with Gasteiger partial charge in [-0.05, 0) is 60.7 Å². The number of benzene rings is 2. The molecule has 4 aromatic heterocycles. The summed E-state index contributed by atoms with van der Waals surface area (Å²) in [6.45, 7) is 0. The van der Waals surface area contributed by atoms with E-state index in [1.54, 1.807) is 18.7 Å². The standard InChI is InChI=1S/C23H18N8O2S/c1-32-15-7-3-13(4-8-15)17-11-19(26-24-17)21-28-29-23-31(21)30-22(34-23)20-12-18(25-27-20)14-5-9-16(33-2)10-6-14/h3-12H,1-2H3,(H,24,26)(H,25,27). The first-order valence-corrected chi connectivity index (χ1v) is 11.2. The Labute approximate surface area is 197 Å². The molecule has 2 N–H and O–H groups in total. The Morgan fingerprint density at radius 3 is 1.88 bits per heavy atom. The first kappa shape index (κ1) is 20.1. The van der Waals surface area contributed by atoms with Crippen molar-refractivity contribution in [2.75, 3.05) is 14.2 Å². The van der Waals surface area contributed by atoms with Crippen LogP contribution in [0.4, 0.5) is 0 Å². The number of rotatable bonds is 6. The summed E-state index contributed by atoms with van der Waals surface area (Å²) in [6, 6.07) is 19.3. The fraction of sp³-hybridized carbons (Fsp3) is 0.0870. The molecule has 4 heterocycles. The molecule has 6 aromatic rings. The summed E-state index contributed by atoms with van der Waals surface area (Å²) in [4.78, 5) is 0.672. The summed E-state index contributed by atoms with van der Waals surface area (Å²) >= 11 is 1.43. The summed E-state index contributed by atoms with van der Waals surface area (Å²) in [5, 5.41) is 29.0. The van der Waals surface area contributed by atoms with Gasteiger partial charge in [0.15, 0.2) is 5.01 Å². The molecule has 11 heteroatoms. The van der Waals surface area contributed by atoms with E-state index >= 15 is 0 Å². The Hall–Kier alpha value is -4.51. The van der Waals surface area contributed by atoms with Crippen molar-refractivity contribution in [3.63, 3.8) is 0 Å². The number of hydrogen-bond donors (Lipinski definition) is 2. The predicted molar refractivity (Wildman–Crippen MR) is 128 cm³/mol. The molecule has 168 valence electrons. The Balaban J connectivity index is 1.30. The van der Waals surface area contributed by atoms with Gasteiger partial charge in [-0.2, -0.15) is 19.8 Å². The Morgan fingerprint density at radius 2 is 1.29 bits per heavy atom. The molecule has 34 heavy (non-hydrogen) atoms. The smallest absolute Gasteiger partial charge is 0.235 e. The topological polar surface area (TPSA) is 119 Å². The van der Waals surface area contributed by atoms with E-state index < -0.39 is 0 Å². The highest BCUT2D eigenvalue weighted by molar-refractivity contribution is 7.19. The zero-order valence-corrected chi connectivity index (χ0v) is 19.0. The highest BCUT2D eigenvalue weighted by Gasteiger charge is 2.18. The monoisotopic (exact) mass is 470 g/mol. The second kappa shape index (κ2) is 8.12. The van der Waals surface area contributed by atoms with Crippen LogP contribution in [0.25, 0.3) is 49.7 Å². The largest absolute Gasteiger partial charge is 0.497 e. The summed E-state index contributed by atoms with van der Waals surface area (Å²) in [5.41, 5.74) is 5.08. The number of methoxy groups -OCH3 is 2. The maximum Gasteiger partial charge on any atom is 0.235 e. The van der Waals surface area contributed by atoms with Gasteiger partial charge >= 0.3 is 0 Å². The van der Waals surface area contributed by atoms with Crippen LogP contribution in [0.3, 0.4) is 0 Å². The second-order valence-corrected chi connectivity index (χ2v) is 8.37. The van der Waals surface area contributed by atoms with Gasteiger partial charge in [-0.3, -0.25) is 10.2 Å². The van der Waals surface area contributed by atoms with Crippen molar-refractivity contribution in [2.45, 2.75) is 0 Å². The SMILES string of the molecule is COc1ccc(-c2cc(-c3nn4c(-c5cc(-c6ccc(OC)cc6)n[nH]5)nnc4s3)[nH]n2)cc1. The lowest BCUT2D eigenvalue weighted by Crippen LogP contribution is -1.91. The number of nitrogens with zero attached hydrogens (tertiary/aromatic N) is 6. The molecule has 0 atom stereocenters. The Morgan fingerprint density at radius 1 is 0.735 bits per heavy atom. The molecule has 6 rings (SSSR count). The lowest BCUT2D eigenvalue weighted by Gasteiger charge is -1.99. The maximum absolute atomic E-state index is 5.22. The first-order chi connectivity index (χ1) is 16.7. The number of ether oxygens (including phenoxy) is 2. The normalized spacial score (nSPS) is 11.2. The summed E-state index contributed by atoms with van der Waals surface area (Å²) < 4.78 is 12.2. The van der Waals surface area contributed by atoms with Gasteiger partial charge in [-0.15, -0.1) is 10.2 Å². The van der Waals surface area contributed by atoms with Crippen molar-refractivity contribution < 1.29 is 9.47 Å². The fourth-order valence-electron chi connectivity index (χ4n) is 3.58. The zero-order valence-electron chi connectivity index (χ0n) is 18.2. The molecule has 0 aliphatic rings. The molecule has 2 aromatic carbocycles. The van der Waals surface area contributed by atoms with Gasteiger partial charge in [-0.25, -0.2) is 0 Å². The van der Waals surface area contributed by atoms with Gasteiger partial charge in [0.05, 0.1) is 31.3 Å². The van der Waals surface area contributed by atoms with Crippen LogP contribution in [0.1, 0.15) is 0 Å². The number of aromatic amines is 2. The number of aromatic nitrogens is 8. The molecular formula is C23H18N8O2S. The number of H-pyrrole nitrogens is 2. The van der Waals surface area contributed by atoms with E-state index in [0.29, 0.717) is 10.8 Å². The molecule has 0 aliphatic heterocycles. The summed E-state index contributed by atoms with van der Waals surface area (Å²) in [6.07, 6.45) is 0. The van der Waals surface area contributed by atoms with Gasteiger partial charge in [0, 0.05) is 11.1 Å². The lowest BCUT2D eigenvalue weighted by atomic mass is 10.1. The van der Waals surface area contributed by atoms with E-state index in [4.69, 9.17) is 14.6 Å². The molecule has 10 nitrogen and oxygen atoms in total. The third-order valence-electron chi connectivity index (χ3n) is 5.39. The van der Waals surface area contributed by atoms with Gasteiger partial charge in [0.25, 0.3) is 0 Å². The minimum atomic E-state index is 0.583. The van der Waals surface area contributed by atoms with E-state index in [-0.39, 0.29) is 0 Å². The van der Waals surface area contributed by atoms with Crippen LogP contribution in [0.15, 0.2) is 60.7 Å². The lowest BCUT2D eigenvalue weighted by molar-refractivity contribution is 0.415. The molecule has 0 saturated carbocycles. The van der Waals surface area contributed by atoms with Crippen molar-refractivity contribution >= 4 is 16.3 Å². The molecule has 0 aliphatic carbocycles. The van der Waals surface area contributed by atoms with Crippen LogP contribution < -0.4 is 9.47 Å². The highest BCUT2D eigenvalue weighted by Crippen LogP contribution is 2.30. The molecule has 0 spiro atoms. The maximum atomic E-state index is 5.22. The van der Waals surface area contributed by atoms with Gasteiger partial charge in [0.1, 0.15) is 17.2 Å². The van der Waals surface area contributed by atoms with E-state index in [2.05, 4.69) is 30.6 Å². The number of fused-ring (bicyclic) bond motifs is 1. The molecule has 0 unspecified atom stereocenters. The molecule has 0 bridgehead atoms. The van der Waals surface area contributed by atoms with Gasteiger partial charge in [-0.1, -0.05) is 11.3 Å². The fourth-order valence-corrected chi connectivity index (χ4v) is 4.39. The van der Waals surface area contributed by atoms with Crippen LogP contribution in [-0.2, 0) is 0 Å². The summed E-state index contributed by atoms with van der Waals surface area (Å²) in [7, 11) is 3.29. The zero-order chi connectivity index (χ0) is 23.1. The predicted octanol–water partition coefficient (Wildman–Crippen LogP) is 4.32. The van der Waals surface area contributed by atoms with Crippen molar-refractivity contribution in [2.24, 2.45) is 0 Å². The molecule has 0 fully saturated rings. The van der Waals surface area contributed by atoms with E-state index in [1.165, 1.54) is 11.3 Å². The van der Waals surface area contributed by atoms with Crippen molar-refractivity contribution in [1.82, 2.24) is 40.2 Å². The first-order valence-electron chi connectivity index (χ1n) is 10.3.